The van der Waals surface area contributed by atoms with E-state index in [1.165, 1.54) is 0 Å². The Balaban J connectivity index is 2.57. The van der Waals surface area contributed by atoms with Crippen molar-refractivity contribution in [1.29, 1.82) is 0 Å². The van der Waals surface area contributed by atoms with Crippen molar-refractivity contribution >= 4 is 0 Å². The first-order valence-corrected chi connectivity index (χ1v) is 9.95. The Bertz CT molecular complexity index is 687. The molecule has 0 bridgehead atoms. The summed E-state index contributed by atoms with van der Waals surface area (Å²) in [7, 11) is 0. The number of hydrogen-bond donors (Lipinski definition) is 3. The van der Waals surface area contributed by atoms with E-state index in [2.05, 4.69) is 6.58 Å². The zero-order valence-electron chi connectivity index (χ0n) is 17.6. The molecule has 0 unspecified atom stereocenters. The minimum absolute atomic E-state index is 0.0646. The van der Waals surface area contributed by atoms with Crippen LogP contribution in [0.2, 0.25) is 0 Å². The van der Waals surface area contributed by atoms with E-state index in [0.717, 1.165) is 11.6 Å². The Morgan fingerprint density at radius 2 is 1.61 bits per heavy atom. The highest BCUT2D eigenvalue weighted by Crippen LogP contribution is 2.44. The normalized spacial score (nSPS) is 23.5. The molecule has 0 radical (unpaired) electrons. The first-order chi connectivity index (χ1) is 14.0. The van der Waals surface area contributed by atoms with Gasteiger partial charge in [0.15, 0.2) is 0 Å². The molecule has 1 fully saturated rings. The number of rotatable bonds is 8. The van der Waals surface area contributed by atoms with Crippen molar-refractivity contribution < 1.29 is 41.7 Å². The van der Waals surface area contributed by atoms with Crippen LogP contribution >= 0.6 is 0 Å². The Hall–Kier alpha value is -1.58. The predicted molar refractivity (Wildman–Crippen MR) is 106 cm³/mol. The third kappa shape index (κ3) is 7.80. The first-order valence-electron chi connectivity index (χ1n) is 9.95. The van der Waals surface area contributed by atoms with Gasteiger partial charge in [-0.2, -0.15) is 26.3 Å². The van der Waals surface area contributed by atoms with Crippen LogP contribution in [0.15, 0.2) is 48.1 Å². The number of allylic oxidation sites excluding steroid dienone is 4. The van der Waals surface area contributed by atoms with Gasteiger partial charge in [-0.3, -0.25) is 0 Å². The van der Waals surface area contributed by atoms with Gasteiger partial charge in [-0.15, -0.1) is 0 Å². The zero-order chi connectivity index (χ0) is 24.1. The molecule has 0 heterocycles. The Morgan fingerprint density at radius 1 is 1.03 bits per heavy atom. The maximum atomic E-state index is 12.7. The molecule has 0 aromatic rings. The van der Waals surface area contributed by atoms with Crippen LogP contribution in [0.1, 0.15) is 52.4 Å². The molecular weight excluding hydrogens is 426 g/mol. The standard InChI is InChI=1S/C22H30F6O3/c1-15-16(13-17(29)14-18(15)30)9-6-4-5-7-10-19(2,3)11-8-12-20(31,21(23,24)25)22(26,27)28/h4,6,8-9,12,17-18,29-31H,1,5,7,10-11,13-14H2,2-3H3/b6-4+,12-8-,16-9-/t17-,18+/m1/s1. The van der Waals surface area contributed by atoms with Crippen molar-refractivity contribution in [3.8, 4) is 0 Å². The molecule has 1 rings (SSSR count). The molecule has 3 nitrogen and oxygen atoms in total. The molecule has 0 saturated heterocycles. The van der Waals surface area contributed by atoms with E-state index in [-0.39, 0.29) is 18.9 Å². The van der Waals surface area contributed by atoms with Crippen LogP contribution in [0.4, 0.5) is 26.3 Å². The molecule has 0 amide bonds. The molecule has 31 heavy (non-hydrogen) atoms. The number of halogens is 6. The molecule has 0 aliphatic heterocycles. The molecule has 0 aromatic heterocycles. The van der Waals surface area contributed by atoms with E-state index in [1.807, 2.05) is 6.08 Å². The summed E-state index contributed by atoms with van der Waals surface area (Å²) < 4.78 is 76.1. The largest absolute Gasteiger partial charge is 0.429 e. The topological polar surface area (TPSA) is 60.7 Å². The van der Waals surface area contributed by atoms with Crippen molar-refractivity contribution in [2.75, 3.05) is 0 Å². The third-order valence-corrected chi connectivity index (χ3v) is 5.32. The quantitative estimate of drug-likeness (QED) is 0.255. The molecule has 178 valence electrons. The molecule has 2 atom stereocenters. The molecule has 1 aliphatic carbocycles. The third-order valence-electron chi connectivity index (χ3n) is 5.32. The van der Waals surface area contributed by atoms with Crippen molar-refractivity contribution in [3.63, 3.8) is 0 Å². The van der Waals surface area contributed by atoms with Gasteiger partial charge in [0.25, 0.3) is 5.60 Å². The summed E-state index contributed by atoms with van der Waals surface area (Å²) in [6.45, 7) is 7.25. The molecule has 1 aliphatic rings. The van der Waals surface area contributed by atoms with Crippen LogP contribution in [0.3, 0.4) is 0 Å². The minimum atomic E-state index is -5.86. The van der Waals surface area contributed by atoms with Crippen molar-refractivity contribution in [2.24, 2.45) is 5.41 Å². The highest BCUT2D eigenvalue weighted by molar-refractivity contribution is 5.37. The van der Waals surface area contributed by atoms with Crippen LogP contribution < -0.4 is 0 Å². The first kappa shape index (κ1) is 27.5. The fourth-order valence-electron chi connectivity index (χ4n) is 3.24. The van der Waals surface area contributed by atoms with E-state index >= 15 is 0 Å². The lowest BCUT2D eigenvalue weighted by Gasteiger charge is -2.30. The second-order valence-electron chi connectivity index (χ2n) is 8.68. The summed E-state index contributed by atoms with van der Waals surface area (Å²) in [6.07, 6.45) is -4.81. The maximum Gasteiger partial charge on any atom is 0.429 e. The highest BCUT2D eigenvalue weighted by Gasteiger charge is 2.68. The van der Waals surface area contributed by atoms with Crippen LogP contribution in [0, 0.1) is 5.41 Å². The second kappa shape index (κ2) is 10.4. The van der Waals surface area contributed by atoms with E-state index in [1.54, 1.807) is 26.0 Å². The predicted octanol–water partition coefficient (Wildman–Crippen LogP) is 5.54. The molecule has 0 aromatic carbocycles. The minimum Gasteiger partial charge on any atom is -0.393 e. The number of alkyl halides is 6. The average molecular weight is 456 g/mol. The fraction of sp³-hybridized carbons (Fsp3) is 0.636. The summed E-state index contributed by atoms with van der Waals surface area (Å²) in [5.74, 6) is 0. The van der Waals surface area contributed by atoms with Gasteiger partial charge in [-0.05, 0) is 54.7 Å². The number of aliphatic hydroxyl groups excluding tert-OH is 2. The molecular formula is C22H30F6O3. The average Bonchev–Trinajstić information content (AvgIpc) is 2.59. The number of hydrogen-bond acceptors (Lipinski definition) is 3. The summed E-state index contributed by atoms with van der Waals surface area (Å²) in [4.78, 5) is 0. The molecule has 0 spiro atoms. The van der Waals surface area contributed by atoms with Gasteiger partial charge in [0.2, 0.25) is 0 Å². The Labute approximate surface area is 178 Å². The molecule has 9 heteroatoms. The number of unbranched alkanes of at least 4 members (excludes halogenated alkanes) is 1. The van der Waals surface area contributed by atoms with Crippen molar-refractivity contribution in [2.45, 2.75) is 82.5 Å². The van der Waals surface area contributed by atoms with Gasteiger partial charge >= 0.3 is 12.4 Å². The van der Waals surface area contributed by atoms with Crippen LogP contribution in [0.25, 0.3) is 0 Å². The maximum absolute atomic E-state index is 12.7. The Morgan fingerprint density at radius 3 is 2.16 bits per heavy atom. The SMILES string of the molecule is C=C1/C(=C\C=C\CCCC(C)(C)C/C=C\C(O)(C(F)(F)F)C(F)(F)F)C[C@@H](O)C[C@@H]1O. The monoisotopic (exact) mass is 456 g/mol. The lowest BCUT2D eigenvalue weighted by Crippen LogP contribution is -2.55. The van der Waals surface area contributed by atoms with E-state index in [9.17, 15) is 36.6 Å². The van der Waals surface area contributed by atoms with Gasteiger partial charge in [-0.25, -0.2) is 0 Å². The second-order valence-corrected chi connectivity index (χ2v) is 8.68. The smallest absolute Gasteiger partial charge is 0.393 e. The highest BCUT2D eigenvalue weighted by atomic mass is 19.4. The summed E-state index contributed by atoms with van der Waals surface area (Å²) in [6, 6.07) is 0. The Kier molecular flexibility index (Phi) is 9.17. The zero-order valence-corrected chi connectivity index (χ0v) is 17.6. The van der Waals surface area contributed by atoms with Gasteiger partial charge in [0.05, 0.1) is 12.2 Å². The van der Waals surface area contributed by atoms with E-state index in [4.69, 9.17) is 5.11 Å². The fourth-order valence-corrected chi connectivity index (χ4v) is 3.24. The summed E-state index contributed by atoms with van der Waals surface area (Å²) in [5.41, 5.74) is -4.10. The van der Waals surface area contributed by atoms with Crippen LogP contribution in [-0.4, -0.2) is 45.5 Å². The van der Waals surface area contributed by atoms with Gasteiger partial charge in [-0.1, -0.05) is 44.7 Å². The molecule has 1 saturated carbocycles. The van der Waals surface area contributed by atoms with E-state index < -0.39 is 35.6 Å². The van der Waals surface area contributed by atoms with Gasteiger partial charge < -0.3 is 15.3 Å². The molecule has 3 N–H and O–H groups in total. The lowest BCUT2D eigenvalue weighted by molar-refractivity contribution is -0.347. The van der Waals surface area contributed by atoms with Gasteiger partial charge in [0, 0.05) is 6.42 Å². The van der Waals surface area contributed by atoms with Gasteiger partial charge in [0.1, 0.15) is 0 Å². The number of aliphatic hydroxyl groups is 3. The summed E-state index contributed by atoms with van der Waals surface area (Å²) in [5, 5.41) is 28.6. The summed E-state index contributed by atoms with van der Waals surface area (Å²) >= 11 is 0. The van der Waals surface area contributed by atoms with Crippen molar-refractivity contribution in [3.05, 3.63) is 48.1 Å². The van der Waals surface area contributed by atoms with Crippen molar-refractivity contribution in [1.82, 2.24) is 0 Å². The van der Waals surface area contributed by atoms with Crippen LogP contribution in [-0.2, 0) is 0 Å². The van der Waals surface area contributed by atoms with E-state index in [0.29, 0.717) is 31.3 Å². The lowest BCUT2D eigenvalue weighted by atomic mass is 9.83. The van der Waals surface area contributed by atoms with Crippen LogP contribution in [0.5, 0.6) is 0 Å².